The van der Waals surface area contributed by atoms with Crippen molar-refractivity contribution in [3.63, 3.8) is 0 Å². The molecule has 6 aliphatic heterocycles. The molecule has 39 heavy (non-hydrogen) atoms. The summed E-state index contributed by atoms with van der Waals surface area (Å²) in [6, 6.07) is 11.4. The van der Waals surface area contributed by atoms with Crippen molar-refractivity contribution in [3.8, 4) is 0 Å². The highest BCUT2D eigenvalue weighted by molar-refractivity contribution is 6.04. The SMILES string of the molecule is [2H]C1([2H])C(=O)Nc2cccc3c2N1[C@H]1CCN(C(=O)OCC)C[C@@H]31.[2H]C1([2H])C(=O)Nc2cccc3c2N1[C@H]1CCNC[C@@H]31. The van der Waals surface area contributed by atoms with Gasteiger partial charge in [0.1, 0.15) is 0 Å². The summed E-state index contributed by atoms with van der Waals surface area (Å²) in [6.45, 7) is 0.752. The Morgan fingerprint density at radius 2 is 1.56 bits per heavy atom. The Bertz CT molecular complexity index is 1520. The predicted octanol–water partition coefficient (Wildman–Crippen LogP) is 2.68. The zero-order valence-electron chi connectivity index (χ0n) is 25.7. The summed E-state index contributed by atoms with van der Waals surface area (Å²) in [5.41, 5.74) is 5.15. The van der Waals surface area contributed by atoms with Crippen molar-refractivity contribution < 1.29 is 24.6 Å². The van der Waals surface area contributed by atoms with Crippen molar-refractivity contribution in [1.29, 1.82) is 0 Å². The lowest BCUT2D eigenvalue weighted by atomic mass is 9.89. The van der Waals surface area contributed by atoms with Gasteiger partial charge in [0.2, 0.25) is 11.8 Å². The monoisotopic (exact) mass is 534 g/mol. The Labute approximate surface area is 233 Å². The van der Waals surface area contributed by atoms with E-state index in [1.807, 2.05) is 24.3 Å². The molecule has 0 saturated carbocycles. The number of hydrogen-bond acceptors (Lipinski definition) is 7. The van der Waals surface area contributed by atoms with E-state index < -0.39 is 24.8 Å². The van der Waals surface area contributed by atoms with Crippen LogP contribution in [0.25, 0.3) is 0 Å². The number of nitrogens with zero attached hydrogens (tertiary/aromatic N) is 3. The van der Waals surface area contributed by atoms with Crippen LogP contribution in [0.5, 0.6) is 0 Å². The molecule has 2 aromatic rings. The van der Waals surface area contributed by atoms with E-state index in [2.05, 4.69) is 22.0 Å². The Morgan fingerprint density at radius 3 is 2.21 bits per heavy atom. The van der Waals surface area contributed by atoms with Crippen molar-refractivity contribution in [3.05, 3.63) is 47.5 Å². The van der Waals surface area contributed by atoms with Crippen molar-refractivity contribution in [2.75, 3.05) is 66.2 Å². The summed E-state index contributed by atoms with van der Waals surface area (Å²) >= 11 is 0. The highest BCUT2D eigenvalue weighted by Gasteiger charge is 2.46. The molecule has 0 radical (unpaired) electrons. The van der Waals surface area contributed by atoms with E-state index in [1.54, 1.807) is 27.7 Å². The second-order valence-electron chi connectivity index (χ2n) is 10.6. The van der Waals surface area contributed by atoms with Crippen LogP contribution in [0.3, 0.4) is 0 Å². The summed E-state index contributed by atoms with van der Waals surface area (Å²) < 4.78 is 37.9. The van der Waals surface area contributed by atoms with E-state index in [4.69, 9.17) is 10.2 Å². The summed E-state index contributed by atoms with van der Waals surface area (Å²) in [4.78, 5) is 41.3. The number of amides is 3. The van der Waals surface area contributed by atoms with Crippen LogP contribution in [-0.4, -0.2) is 80.7 Å². The van der Waals surface area contributed by atoms with Crippen LogP contribution in [-0.2, 0) is 14.3 Å². The van der Waals surface area contributed by atoms with Gasteiger partial charge in [-0.3, -0.25) is 9.59 Å². The van der Waals surface area contributed by atoms with Crippen molar-refractivity contribution in [1.82, 2.24) is 10.2 Å². The number of para-hydroxylation sites is 2. The van der Waals surface area contributed by atoms with E-state index in [-0.39, 0.29) is 30.0 Å². The number of carbonyl (C=O) groups is 3. The van der Waals surface area contributed by atoms with Gasteiger partial charge in [-0.05, 0) is 49.6 Å². The molecular weight excluding hydrogens is 496 g/mol. The molecule has 0 spiro atoms. The van der Waals surface area contributed by atoms with Crippen LogP contribution in [0.15, 0.2) is 36.4 Å². The second kappa shape index (κ2) is 9.44. The molecule has 204 valence electrons. The molecule has 6 aliphatic rings. The largest absolute Gasteiger partial charge is 0.450 e. The van der Waals surface area contributed by atoms with Gasteiger partial charge in [-0.1, -0.05) is 24.3 Å². The van der Waals surface area contributed by atoms with E-state index in [0.29, 0.717) is 31.8 Å². The molecule has 2 aromatic carbocycles. The fraction of sp³-hybridized carbons (Fsp3) is 0.483. The molecule has 10 nitrogen and oxygen atoms in total. The second-order valence-corrected chi connectivity index (χ2v) is 10.6. The third kappa shape index (κ3) is 3.92. The Balaban J connectivity index is 0.000000143. The van der Waals surface area contributed by atoms with Crippen molar-refractivity contribution >= 4 is 40.7 Å². The molecular formula is C29H34N6O4. The average Bonchev–Trinajstić information content (AvgIpc) is 3.51. The topological polar surface area (TPSA) is 106 Å². The number of likely N-dealkylation sites (tertiary alicyclic amines) is 1. The molecule has 3 amide bonds. The van der Waals surface area contributed by atoms with Gasteiger partial charge in [0, 0.05) is 43.6 Å². The maximum Gasteiger partial charge on any atom is 0.409 e. The summed E-state index contributed by atoms with van der Waals surface area (Å²) in [7, 11) is 0. The summed E-state index contributed by atoms with van der Waals surface area (Å²) in [5.74, 6) is -0.954. The van der Waals surface area contributed by atoms with Gasteiger partial charge < -0.3 is 35.4 Å². The van der Waals surface area contributed by atoms with Gasteiger partial charge in [-0.25, -0.2) is 4.79 Å². The number of carbonyl (C=O) groups excluding carboxylic acids is 3. The first-order valence-corrected chi connectivity index (χ1v) is 13.7. The molecule has 4 atom stereocenters. The fourth-order valence-corrected chi connectivity index (χ4v) is 7.00. The lowest BCUT2D eigenvalue weighted by Gasteiger charge is -2.39. The third-order valence-electron chi connectivity index (χ3n) is 8.57. The average molecular weight is 535 g/mol. The number of nitrogens with one attached hydrogen (secondary N) is 3. The van der Waals surface area contributed by atoms with Crippen molar-refractivity contribution in [2.24, 2.45) is 0 Å². The lowest BCUT2D eigenvalue weighted by Crippen LogP contribution is -2.50. The molecule has 2 saturated heterocycles. The molecule has 10 heteroatoms. The number of benzene rings is 2. The summed E-state index contributed by atoms with van der Waals surface area (Å²) in [6.07, 6.45) is 1.13. The molecule has 2 fully saturated rings. The van der Waals surface area contributed by atoms with E-state index >= 15 is 0 Å². The van der Waals surface area contributed by atoms with Gasteiger partial charge in [0.25, 0.3) is 0 Å². The Kier molecular flexibility index (Phi) is 4.88. The van der Waals surface area contributed by atoms with Gasteiger partial charge in [-0.2, -0.15) is 0 Å². The number of anilines is 4. The molecule has 3 N–H and O–H groups in total. The van der Waals surface area contributed by atoms with Crippen LogP contribution in [0, 0.1) is 0 Å². The van der Waals surface area contributed by atoms with Gasteiger partial charge in [0.05, 0.1) is 47.8 Å². The Morgan fingerprint density at radius 1 is 0.949 bits per heavy atom. The number of rotatable bonds is 1. The highest BCUT2D eigenvalue weighted by atomic mass is 16.6. The molecule has 0 aliphatic carbocycles. The molecule has 0 aromatic heterocycles. The molecule has 6 heterocycles. The first-order valence-electron chi connectivity index (χ1n) is 15.7. The minimum Gasteiger partial charge on any atom is -0.450 e. The minimum atomic E-state index is -2.09. The van der Waals surface area contributed by atoms with Crippen LogP contribution < -0.4 is 25.8 Å². The lowest BCUT2D eigenvalue weighted by molar-refractivity contribution is -0.116. The van der Waals surface area contributed by atoms with Crippen LogP contribution in [0.2, 0.25) is 0 Å². The number of piperidine rings is 2. The van der Waals surface area contributed by atoms with Crippen LogP contribution in [0.4, 0.5) is 27.5 Å². The zero-order valence-corrected chi connectivity index (χ0v) is 21.7. The first kappa shape index (κ1) is 20.2. The molecule has 0 bridgehead atoms. The van der Waals surface area contributed by atoms with E-state index in [1.165, 1.54) is 0 Å². The van der Waals surface area contributed by atoms with E-state index in [0.717, 1.165) is 47.7 Å². The molecule has 0 unspecified atom stereocenters. The molecule has 8 rings (SSSR count). The summed E-state index contributed by atoms with van der Waals surface area (Å²) in [5, 5.41) is 8.73. The van der Waals surface area contributed by atoms with Crippen molar-refractivity contribution in [2.45, 2.75) is 43.7 Å². The standard InChI is InChI=1S/C16H19N3O3.C13H15N3O/c1-2-22-16(21)18-7-6-13-11(8-18)10-4-3-5-12-15(10)19(13)9-14(20)17-12;17-12-7-16-11-4-5-14-6-9(11)8-2-1-3-10(15-12)13(8)16/h3-5,11,13H,2,6-9H2,1H3,(H,17,20);1-3,9,11,14H,4-7H2,(H,15,17)/t11-,13-;9-,11-/m00/s1/i9D2;7D2. The van der Waals surface area contributed by atoms with Gasteiger partial charge in [0.15, 0.2) is 0 Å². The number of ether oxygens (including phenoxy) is 1. The van der Waals surface area contributed by atoms with Crippen LogP contribution in [0.1, 0.15) is 48.2 Å². The number of hydrogen-bond donors (Lipinski definition) is 3. The number of fused-ring (bicyclic) bond motifs is 6. The first-order chi connectivity index (χ1) is 20.6. The smallest absolute Gasteiger partial charge is 0.409 e. The predicted molar refractivity (Wildman–Crippen MR) is 149 cm³/mol. The quantitative estimate of drug-likeness (QED) is 0.517. The Hall–Kier alpha value is -3.79. The zero-order chi connectivity index (χ0) is 30.3. The van der Waals surface area contributed by atoms with Gasteiger partial charge in [-0.15, -0.1) is 0 Å². The third-order valence-corrected chi connectivity index (χ3v) is 8.57. The normalized spacial score (nSPS) is 31.4. The maximum atomic E-state index is 12.2. The van der Waals surface area contributed by atoms with Gasteiger partial charge >= 0.3 is 6.09 Å². The van der Waals surface area contributed by atoms with Crippen LogP contribution >= 0.6 is 0 Å². The highest BCUT2D eigenvalue weighted by Crippen LogP contribution is 2.50. The maximum absolute atomic E-state index is 12.2. The minimum absolute atomic E-state index is 0.0270. The fourth-order valence-electron chi connectivity index (χ4n) is 7.00. The van der Waals surface area contributed by atoms with E-state index in [9.17, 15) is 14.4 Å².